The molecule has 1 aromatic carbocycles. The van der Waals surface area contributed by atoms with Gasteiger partial charge in [0, 0.05) is 30.3 Å². The molecular formula is C15H15F3N2O3. The van der Waals surface area contributed by atoms with Crippen LogP contribution in [0.3, 0.4) is 0 Å². The highest BCUT2D eigenvalue weighted by atomic mass is 19.2. The molecule has 0 bridgehead atoms. The van der Waals surface area contributed by atoms with Gasteiger partial charge in [0.15, 0.2) is 17.5 Å². The number of rotatable bonds is 5. The fourth-order valence-corrected chi connectivity index (χ4v) is 2.01. The summed E-state index contributed by atoms with van der Waals surface area (Å²) in [6, 6.07) is 3.36. The van der Waals surface area contributed by atoms with Crippen molar-refractivity contribution in [3.05, 3.63) is 53.7 Å². The summed E-state index contributed by atoms with van der Waals surface area (Å²) in [6.45, 7) is 1.64. The molecule has 124 valence electrons. The molecule has 2 unspecified atom stereocenters. The van der Waals surface area contributed by atoms with Crippen molar-refractivity contribution >= 4 is 11.7 Å². The van der Waals surface area contributed by atoms with Gasteiger partial charge < -0.3 is 20.2 Å². The number of amides is 2. The van der Waals surface area contributed by atoms with Crippen LogP contribution in [-0.4, -0.2) is 17.2 Å². The highest BCUT2D eigenvalue weighted by Crippen LogP contribution is 2.19. The van der Waals surface area contributed by atoms with E-state index in [0.717, 1.165) is 0 Å². The topological polar surface area (TPSA) is 74.5 Å². The van der Waals surface area contributed by atoms with E-state index in [0.29, 0.717) is 17.9 Å². The minimum atomic E-state index is -1.61. The van der Waals surface area contributed by atoms with Gasteiger partial charge in [-0.05, 0) is 19.1 Å². The second-order valence-electron chi connectivity index (χ2n) is 5.02. The molecule has 2 atom stereocenters. The number of hydrogen-bond donors (Lipinski definition) is 3. The molecule has 0 saturated carbocycles. The summed E-state index contributed by atoms with van der Waals surface area (Å²) in [5.74, 6) is -4.05. The third-order valence-electron chi connectivity index (χ3n) is 3.07. The highest BCUT2D eigenvalue weighted by Gasteiger charge is 2.17. The first-order chi connectivity index (χ1) is 10.9. The van der Waals surface area contributed by atoms with Crippen LogP contribution < -0.4 is 10.6 Å². The van der Waals surface area contributed by atoms with E-state index < -0.39 is 35.6 Å². The number of furan rings is 1. The number of aliphatic hydroxyl groups excluding tert-OH is 1. The quantitative estimate of drug-likeness (QED) is 0.737. The molecule has 0 fully saturated rings. The Balaban J connectivity index is 1.89. The van der Waals surface area contributed by atoms with Crippen molar-refractivity contribution < 1.29 is 27.5 Å². The molecule has 1 heterocycles. The van der Waals surface area contributed by atoms with Crippen molar-refractivity contribution in [3.63, 3.8) is 0 Å². The number of carbonyl (C=O) groups excluding carboxylic acids is 1. The zero-order valence-electron chi connectivity index (χ0n) is 12.1. The molecule has 23 heavy (non-hydrogen) atoms. The van der Waals surface area contributed by atoms with Crippen molar-refractivity contribution in [2.75, 3.05) is 5.32 Å². The Morgan fingerprint density at radius 3 is 2.52 bits per heavy atom. The number of anilines is 1. The standard InChI is InChI=1S/C15H15F3N2O3/c1-8(5-12(21)13-3-2-4-23-13)19-15(22)20-9-6-10(16)14(18)11(17)7-9/h2-4,6-8,12,21H,5H2,1H3,(H2,19,20,22). The molecule has 0 spiro atoms. The number of nitrogens with one attached hydrogen (secondary N) is 2. The number of hydrogen-bond acceptors (Lipinski definition) is 3. The minimum absolute atomic E-state index is 0.174. The monoisotopic (exact) mass is 328 g/mol. The maximum atomic E-state index is 13.1. The molecule has 5 nitrogen and oxygen atoms in total. The van der Waals surface area contributed by atoms with E-state index in [1.54, 1.807) is 19.1 Å². The summed E-state index contributed by atoms with van der Waals surface area (Å²) >= 11 is 0. The number of carbonyl (C=O) groups is 1. The molecule has 2 rings (SSSR count). The molecule has 2 aromatic rings. The molecule has 0 aliphatic rings. The van der Waals surface area contributed by atoms with E-state index in [2.05, 4.69) is 10.6 Å². The second-order valence-corrected chi connectivity index (χ2v) is 5.02. The Hall–Kier alpha value is -2.48. The van der Waals surface area contributed by atoms with E-state index in [1.165, 1.54) is 6.26 Å². The lowest BCUT2D eigenvalue weighted by Gasteiger charge is -2.17. The third kappa shape index (κ3) is 4.49. The van der Waals surface area contributed by atoms with Gasteiger partial charge in [0.25, 0.3) is 0 Å². The van der Waals surface area contributed by atoms with Crippen LogP contribution in [0.1, 0.15) is 25.2 Å². The average molecular weight is 328 g/mol. The number of benzene rings is 1. The van der Waals surface area contributed by atoms with Crippen LogP contribution in [0.15, 0.2) is 34.9 Å². The molecular weight excluding hydrogens is 313 g/mol. The predicted octanol–water partition coefficient (Wildman–Crippen LogP) is 3.33. The Morgan fingerprint density at radius 2 is 1.96 bits per heavy atom. The summed E-state index contributed by atoms with van der Waals surface area (Å²) in [5.41, 5.74) is -0.224. The number of halogens is 3. The van der Waals surface area contributed by atoms with Gasteiger partial charge in [0.2, 0.25) is 0 Å². The van der Waals surface area contributed by atoms with Gasteiger partial charge in [-0.2, -0.15) is 0 Å². The first-order valence-electron chi connectivity index (χ1n) is 6.80. The van der Waals surface area contributed by atoms with Crippen molar-refractivity contribution in [1.82, 2.24) is 5.32 Å². The largest absolute Gasteiger partial charge is 0.467 e. The van der Waals surface area contributed by atoms with Crippen LogP contribution in [-0.2, 0) is 0 Å². The number of aliphatic hydroxyl groups is 1. The van der Waals surface area contributed by atoms with Crippen molar-refractivity contribution in [3.8, 4) is 0 Å². The van der Waals surface area contributed by atoms with Gasteiger partial charge in [-0.3, -0.25) is 0 Å². The van der Waals surface area contributed by atoms with Gasteiger partial charge in [-0.25, -0.2) is 18.0 Å². The summed E-state index contributed by atoms with van der Waals surface area (Å²) in [6.07, 6.45) is 0.689. The smallest absolute Gasteiger partial charge is 0.319 e. The lowest BCUT2D eigenvalue weighted by Crippen LogP contribution is -2.37. The van der Waals surface area contributed by atoms with Crippen LogP contribution in [0.25, 0.3) is 0 Å². The van der Waals surface area contributed by atoms with E-state index in [1.807, 2.05) is 0 Å². The lowest BCUT2D eigenvalue weighted by atomic mass is 10.1. The van der Waals surface area contributed by atoms with Crippen LogP contribution in [0.2, 0.25) is 0 Å². The van der Waals surface area contributed by atoms with Crippen LogP contribution >= 0.6 is 0 Å². The molecule has 0 saturated heterocycles. The van der Waals surface area contributed by atoms with E-state index >= 15 is 0 Å². The zero-order valence-corrected chi connectivity index (χ0v) is 12.1. The van der Waals surface area contributed by atoms with Gasteiger partial charge >= 0.3 is 6.03 Å². The summed E-state index contributed by atoms with van der Waals surface area (Å²) < 4.78 is 44.0. The van der Waals surface area contributed by atoms with Gasteiger partial charge in [0.05, 0.1) is 6.26 Å². The Kier molecular flexibility index (Phi) is 5.28. The van der Waals surface area contributed by atoms with Crippen molar-refractivity contribution in [2.24, 2.45) is 0 Å². The van der Waals surface area contributed by atoms with E-state index in [4.69, 9.17) is 4.42 Å². The van der Waals surface area contributed by atoms with Crippen molar-refractivity contribution in [1.29, 1.82) is 0 Å². The summed E-state index contributed by atoms with van der Waals surface area (Å²) in [5, 5.41) is 14.6. The molecule has 2 amide bonds. The lowest BCUT2D eigenvalue weighted by molar-refractivity contribution is 0.130. The van der Waals surface area contributed by atoms with Gasteiger partial charge in [-0.1, -0.05) is 0 Å². The SMILES string of the molecule is CC(CC(O)c1ccco1)NC(=O)Nc1cc(F)c(F)c(F)c1. The first kappa shape index (κ1) is 16.9. The number of urea groups is 1. The molecule has 0 aliphatic carbocycles. The first-order valence-corrected chi connectivity index (χ1v) is 6.80. The van der Waals surface area contributed by atoms with Gasteiger partial charge in [-0.15, -0.1) is 0 Å². The fourth-order valence-electron chi connectivity index (χ4n) is 2.01. The molecule has 1 aromatic heterocycles. The Morgan fingerprint density at radius 1 is 1.30 bits per heavy atom. The zero-order chi connectivity index (χ0) is 17.0. The maximum absolute atomic E-state index is 13.1. The van der Waals surface area contributed by atoms with E-state index in [-0.39, 0.29) is 12.1 Å². The summed E-state index contributed by atoms with van der Waals surface area (Å²) in [4.78, 5) is 11.7. The van der Waals surface area contributed by atoms with Crippen LogP contribution in [0.5, 0.6) is 0 Å². The van der Waals surface area contributed by atoms with Crippen molar-refractivity contribution in [2.45, 2.75) is 25.5 Å². The molecule has 8 heteroatoms. The normalized spacial score (nSPS) is 13.4. The molecule has 3 N–H and O–H groups in total. The predicted molar refractivity (Wildman–Crippen MR) is 76.2 cm³/mol. The maximum Gasteiger partial charge on any atom is 0.319 e. The second kappa shape index (κ2) is 7.19. The van der Waals surface area contributed by atoms with E-state index in [9.17, 15) is 23.1 Å². The minimum Gasteiger partial charge on any atom is -0.467 e. The Bertz CT molecular complexity index is 654. The van der Waals surface area contributed by atoms with Gasteiger partial charge in [0.1, 0.15) is 11.9 Å². The summed E-state index contributed by atoms with van der Waals surface area (Å²) in [7, 11) is 0. The van der Waals surface area contributed by atoms with Crippen LogP contribution in [0, 0.1) is 17.5 Å². The molecule has 0 radical (unpaired) electrons. The fraction of sp³-hybridized carbons (Fsp3) is 0.267. The molecule has 0 aliphatic heterocycles. The average Bonchev–Trinajstić information content (AvgIpc) is 2.98. The van der Waals surface area contributed by atoms with Crippen LogP contribution in [0.4, 0.5) is 23.7 Å². The Labute approximate surface area is 130 Å². The highest BCUT2D eigenvalue weighted by molar-refractivity contribution is 5.89. The third-order valence-corrected chi connectivity index (χ3v) is 3.07.